The van der Waals surface area contributed by atoms with E-state index in [9.17, 15) is 0 Å². The number of nitrogens with one attached hydrogen (secondary N) is 2. The fraction of sp³-hybridized carbons (Fsp3) is 0.0200. The van der Waals surface area contributed by atoms with Crippen LogP contribution in [0.2, 0.25) is 0 Å². The van der Waals surface area contributed by atoms with Crippen LogP contribution in [0.15, 0.2) is 374 Å². The molecular weight excluding hydrogens is 1410 g/mol. The molecule has 0 radical (unpaired) electrons. The van der Waals surface area contributed by atoms with Crippen LogP contribution >= 0.6 is 22.7 Å². The molecule has 112 heavy (non-hydrogen) atoms. The molecule has 2 aliphatic heterocycles. The lowest BCUT2D eigenvalue weighted by Crippen LogP contribution is -2.33. The molecule has 20 aromatic rings. The van der Waals surface area contributed by atoms with Crippen molar-refractivity contribution in [2.24, 2.45) is 9.98 Å². The third-order valence-electron chi connectivity index (χ3n) is 21.9. The normalized spacial score (nSPS) is 14.0. The van der Waals surface area contributed by atoms with Gasteiger partial charge in [0.05, 0.1) is 33.0 Å². The molecule has 14 aromatic carbocycles. The van der Waals surface area contributed by atoms with Gasteiger partial charge in [-0.25, -0.2) is 29.9 Å². The summed E-state index contributed by atoms with van der Waals surface area (Å²) in [5.41, 5.74) is 24.6. The third-order valence-corrected chi connectivity index (χ3v) is 24.3. The Morgan fingerprint density at radius 2 is 0.795 bits per heavy atom. The van der Waals surface area contributed by atoms with Crippen molar-refractivity contribution >= 4 is 103 Å². The van der Waals surface area contributed by atoms with Crippen LogP contribution in [0.3, 0.4) is 0 Å². The Hall–Kier alpha value is -14.3. The number of rotatable bonds is 13. The summed E-state index contributed by atoms with van der Waals surface area (Å²) < 4.78 is 6.03. The molecule has 0 spiro atoms. The summed E-state index contributed by atoms with van der Waals surface area (Å²) in [6.07, 6.45) is -0.445. The fourth-order valence-electron chi connectivity index (χ4n) is 16.5. The number of pyridine rings is 1. The lowest BCUT2D eigenvalue weighted by Gasteiger charge is -2.28. The largest absolute Gasteiger partial charge is 0.373 e. The number of nitrogens with zero attached hydrogens (tertiary/aromatic N) is 8. The molecule has 10 nitrogen and oxygen atoms in total. The van der Waals surface area contributed by atoms with E-state index in [2.05, 4.69) is 366 Å². The zero-order valence-electron chi connectivity index (χ0n) is 60.2. The highest BCUT2D eigenvalue weighted by Crippen LogP contribution is 2.54. The van der Waals surface area contributed by atoms with Gasteiger partial charge in [-0.1, -0.05) is 297 Å². The highest BCUT2D eigenvalue weighted by molar-refractivity contribution is 7.26. The van der Waals surface area contributed by atoms with E-state index in [1.807, 2.05) is 40.9 Å². The van der Waals surface area contributed by atoms with Gasteiger partial charge in [-0.05, 0) is 111 Å². The van der Waals surface area contributed by atoms with Crippen LogP contribution in [0.4, 0.5) is 5.69 Å². The van der Waals surface area contributed by atoms with Gasteiger partial charge in [0.25, 0.3) is 0 Å². The first-order chi connectivity index (χ1) is 55.5. The number of hydrogen-bond acceptors (Lipinski definition) is 10. The van der Waals surface area contributed by atoms with Gasteiger partial charge in [0.1, 0.15) is 21.7 Å². The number of aliphatic imine (C=N–C) groups is 2. The van der Waals surface area contributed by atoms with E-state index >= 15 is 0 Å². The second-order valence-corrected chi connectivity index (χ2v) is 30.6. The minimum Gasteiger partial charge on any atom is -0.373 e. The second-order valence-electron chi connectivity index (χ2n) is 28.5. The molecule has 0 fully saturated rings. The van der Waals surface area contributed by atoms with Crippen molar-refractivity contribution in [3.8, 4) is 101 Å². The molecule has 0 saturated heterocycles. The van der Waals surface area contributed by atoms with Crippen LogP contribution in [0.5, 0.6) is 0 Å². The van der Waals surface area contributed by atoms with Crippen molar-refractivity contribution in [3.63, 3.8) is 0 Å². The Labute approximate surface area is 653 Å². The van der Waals surface area contributed by atoms with Gasteiger partial charge in [0, 0.05) is 98.8 Å². The standard InChI is InChI=1S/C100H64N10S2/c1-5-23-61(24-6-1)72-31-21-32-73(59-72)97-106-95(107-98(108-97)74-33-22-34-76(60-74)110-84-42-20-16-38-80(84)88-86-78-36-14-18-40-82(78)102-90(92(86)112-100(88)110)67-27-9-3-10-28-67)70-53-49-65(50-54-70)63-45-43-62(44-46-63)64-47-51-69(52-48-64)94-103-93(68-29-11-4-12-30-68)104-96(105-94)71-55-57-75(58-56-71)109-83-41-19-15-37-79(83)87-85-77-35-13-17-39-81(77)101-89(91(85)111-99(87)109)66-25-7-2-8-26-66/h1-60,89,95,101H,(H,106,107,108). The molecule has 526 valence electrons. The van der Waals surface area contributed by atoms with Gasteiger partial charge in [-0.2, -0.15) is 0 Å². The topological polar surface area (TPSA) is 110 Å². The minimum absolute atomic E-state index is 0.0190. The molecule has 0 saturated carbocycles. The second kappa shape index (κ2) is 26.8. The predicted octanol–water partition coefficient (Wildman–Crippen LogP) is 25.2. The molecule has 2 aliphatic rings. The Kier molecular flexibility index (Phi) is 15.5. The maximum atomic E-state index is 5.42. The van der Waals surface area contributed by atoms with Gasteiger partial charge < -0.3 is 19.8 Å². The lowest BCUT2D eigenvalue weighted by atomic mass is 9.91. The van der Waals surface area contributed by atoms with Crippen molar-refractivity contribution in [3.05, 3.63) is 391 Å². The van der Waals surface area contributed by atoms with E-state index in [0.29, 0.717) is 23.3 Å². The van der Waals surface area contributed by atoms with Crippen LogP contribution in [0, 0.1) is 0 Å². The number of thiophene rings is 2. The summed E-state index contributed by atoms with van der Waals surface area (Å²) in [6, 6.07) is 129. The first-order valence-electron chi connectivity index (χ1n) is 37.7. The summed E-state index contributed by atoms with van der Waals surface area (Å²) >= 11 is 3.68. The van der Waals surface area contributed by atoms with E-state index in [0.717, 1.165) is 122 Å². The first kappa shape index (κ1) is 64.8. The molecule has 12 heteroatoms. The molecule has 0 aliphatic carbocycles. The van der Waals surface area contributed by atoms with Gasteiger partial charge in [-0.15, -0.1) is 22.7 Å². The molecule has 0 bridgehead atoms. The summed E-state index contributed by atoms with van der Waals surface area (Å²) in [4.78, 5) is 35.4. The molecule has 6 aromatic heterocycles. The highest BCUT2D eigenvalue weighted by Gasteiger charge is 2.33. The Bertz CT molecular complexity index is 7150. The molecule has 2 unspecified atom stereocenters. The lowest BCUT2D eigenvalue weighted by molar-refractivity contribution is 0.674. The van der Waals surface area contributed by atoms with Crippen molar-refractivity contribution in [1.29, 1.82) is 0 Å². The molecular formula is C100H64N10S2. The van der Waals surface area contributed by atoms with E-state index in [1.54, 1.807) is 0 Å². The molecule has 0 amide bonds. The molecule has 2 N–H and O–H groups in total. The zero-order chi connectivity index (χ0) is 73.7. The quantitative estimate of drug-likeness (QED) is 0.119. The SMILES string of the molecule is c1ccc(-c2cccc(C3=NC(c4ccc(-c5ccc(-c6ccc(-c7nc(-c8ccccc8)nc(-c8ccc(-n9c%10ccccc%10c%10c%11c(sc%109)C(c9ccccc9)Nc9ccccc9-%11)cc8)n7)cc6)cc5)cc4)NC(c4cccc(-n5c6ccccc6c6c7c(sc65)c(-c5ccccc5)nc5ccccc57)c4)=N3)c2)cc1. The van der Waals surface area contributed by atoms with Crippen molar-refractivity contribution in [2.75, 3.05) is 5.32 Å². The molecule has 22 rings (SSSR count). The number of para-hydroxylation sites is 4. The summed E-state index contributed by atoms with van der Waals surface area (Å²) in [7, 11) is 0. The Morgan fingerprint density at radius 3 is 1.46 bits per heavy atom. The number of benzene rings is 14. The van der Waals surface area contributed by atoms with E-state index in [-0.39, 0.29) is 6.04 Å². The van der Waals surface area contributed by atoms with E-state index in [1.165, 1.54) is 63.5 Å². The monoisotopic (exact) mass is 1470 g/mol. The van der Waals surface area contributed by atoms with Gasteiger partial charge >= 0.3 is 0 Å². The van der Waals surface area contributed by atoms with Crippen LogP contribution in [-0.4, -0.2) is 40.7 Å². The zero-order valence-corrected chi connectivity index (χ0v) is 61.8. The highest BCUT2D eigenvalue weighted by atomic mass is 32.1. The fourth-order valence-corrected chi connectivity index (χ4v) is 19.3. The number of aromatic nitrogens is 6. The number of amidine groups is 2. The van der Waals surface area contributed by atoms with Crippen LogP contribution in [0.1, 0.15) is 39.3 Å². The van der Waals surface area contributed by atoms with Crippen LogP contribution < -0.4 is 10.6 Å². The summed E-state index contributed by atoms with van der Waals surface area (Å²) in [6.45, 7) is 0. The van der Waals surface area contributed by atoms with Crippen molar-refractivity contribution in [2.45, 2.75) is 12.2 Å². The van der Waals surface area contributed by atoms with Crippen LogP contribution in [0.25, 0.3) is 165 Å². The molecule has 2 atom stereocenters. The van der Waals surface area contributed by atoms with Gasteiger partial charge in [-0.3, -0.25) is 0 Å². The van der Waals surface area contributed by atoms with Gasteiger partial charge in [0.2, 0.25) is 0 Å². The van der Waals surface area contributed by atoms with Gasteiger partial charge in [0.15, 0.2) is 23.3 Å². The predicted molar refractivity (Wildman–Crippen MR) is 464 cm³/mol. The Morgan fingerprint density at radius 1 is 0.312 bits per heavy atom. The van der Waals surface area contributed by atoms with E-state index in [4.69, 9.17) is 29.9 Å². The summed E-state index contributed by atoms with van der Waals surface area (Å²) in [5.74, 6) is 3.21. The smallest absolute Gasteiger partial charge is 0.164 e. The van der Waals surface area contributed by atoms with Crippen molar-refractivity contribution < 1.29 is 0 Å². The number of fused-ring (bicyclic) bond motifs is 14. The summed E-state index contributed by atoms with van der Waals surface area (Å²) in [5, 5.41) is 15.1. The molecule has 8 heterocycles. The van der Waals surface area contributed by atoms with E-state index < -0.39 is 6.17 Å². The third kappa shape index (κ3) is 11.1. The minimum atomic E-state index is -0.445. The number of anilines is 1. The average Bonchev–Trinajstić information content (AvgIpc) is 1.55. The number of hydrogen-bond donors (Lipinski definition) is 2. The maximum Gasteiger partial charge on any atom is 0.164 e. The maximum absolute atomic E-state index is 5.42. The average molecular weight is 1470 g/mol. The van der Waals surface area contributed by atoms with Crippen LogP contribution in [-0.2, 0) is 0 Å². The van der Waals surface area contributed by atoms with Crippen molar-refractivity contribution in [1.82, 2.24) is 34.4 Å². The first-order valence-corrected chi connectivity index (χ1v) is 39.3. The Balaban J connectivity index is 0.557.